The van der Waals surface area contributed by atoms with Crippen LogP contribution < -0.4 is 0 Å². The summed E-state index contributed by atoms with van der Waals surface area (Å²) in [4.78, 5) is 0. The van der Waals surface area contributed by atoms with E-state index < -0.39 is 7.82 Å². The van der Waals surface area contributed by atoms with Gasteiger partial charge in [-0.15, -0.1) is 0 Å². The Labute approximate surface area is 120 Å². The lowest BCUT2D eigenvalue weighted by molar-refractivity contribution is 0.154. The summed E-state index contributed by atoms with van der Waals surface area (Å²) in [6, 6.07) is 9.96. The van der Waals surface area contributed by atoms with Crippen LogP contribution in [-0.4, -0.2) is 13.2 Å². The largest absolute Gasteiger partial charge is 0.529 e. The third kappa shape index (κ3) is 5.74. The van der Waals surface area contributed by atoms with Gasteiger partial charge in [-0.05, 0) is 38.0 Å². The Hall–Kier alpha value is -1.35. The normalized spacial score (nSPS) is 12.8. The van der Waals surface area contributed by atoms with Gasteiger partial charge in [0.15, 0.2) is 0 Å². The van der Waals surface area contributed by atoms with E-state index in [0.29, 0.717) is 0 Å². The zero-order valence-corrected chi connectivity index (χ0v) is 13.0. The van der Waals surface area contributed by atoms with Crippen molar-refractivity contribution >= 4 is 13.4 Å². The van der Waals surface area contributed by atoms with Crippen LogP contribution in [0.15, 0.2) is 48.7 Å². The summed E-state index contributed by atoms with van der Waals surface area (Å²) in [7, 11) is -3.47. The first-order chi connectivity index (χ1) is 9.61. The van der Waals surface area contributed by atoms with E-state index >= 15 is 0 Å². The monoisotopic (exact) mass is 296 g/mol. The molecule has 0 amide bonds. The van der Waals surface area contributed by atoms with Crippen molar-refractivity contribution in [3.05, 3.63) is 54.3 Å². The maximum Gasteiger partial charge on any atom is 0.529 e. The van der Waals surface area contributed by atoms with Crippen molar-refractivity contribution < 1.29 is 18.1 Å². The molecule has 0 aromatic heterocycles. The highest BCUT2D eigenvalue weighted by atomic mass is 31.2. The lowest BCUT2D eigenvalue weighted by Crippen LogP contribution is -1.96. The van der Waals surface area contributed by atoms with E-state index in [1.807, 2.05) is 43.3 Å². The van der Waals surface area contributed by atoms with Crippen molar-refractivity contribution in [2.75, 3.05) is 13.2 Å². The Bertz CT molecular complexity index is 484. The van der Waals surface area contributed by atoms with Crippen LogP contribution in [-0.2, 0) is 18.1 Å². The summed E-state index contributed by atoms with van der Waals surface area (Å²) in [6.45, 7) is 5.99. The molecule has 5 heteroatoms. The minimum Gasteiger partial charge on any atom is -0.412 e. The van der Waals surface area contributed by atoms with Crippen LogP contribution in [0.3, 0.4) is 0 Å². The molecule has 0 radical (unpaired) electrons. The molecule has 0 saturated heterocycles. The SMILES string of the molecule is CCOP(=O)(O/C=C/C=C(\C)c1ccccc1)OCC. The minimum atomic E-state index is -3.47. The van der Waals surface area contributed by atoms with Gasteiger partial charge in [0.1, 0.15) is 0 Å². The standard InChI is InChI=1S/C15H21O4P/c1-4-17-20(16,18-5-2)19-13-9-10-14(3)15-11-7-6-8-12-15/h6-13H,4-5H2,1-3H3/b13-9+,14-10+. The predicted octanol–water partition coefficient (Wildman–Crippen LogP) is 4.80. The zero-order valence-electron chi connectivity index (χ0n) is 12.1. The highest BCUT2D eigenvalue weighted by Gasteiger charge is 2.24. The second kappa shape index (κ2) is 8.75. The molecular formula is C15H21O4P. The Balaban J connectivity index is 2.62. The van der Waals surface area contributed by atoms with Crippen LogP contribution in [0.5, 0.6) is 0 Å². The maximum atomic E-state index is 12.0. The summed E-state index contributed by atoms with van der Waals surface area (Å²) < 4.78 is 27.1. The van der Waals surface area contributed by atoms with Gasteiger partial charge < -0.3 is 4.52 Å². The molecule has 110 valence electrons. The van der Waals surface area contributed by atoms with Gasteiger partial charge in [0.2, 0.25) is 0 Å². The second-order valence-electron chi connectivity index (χ2n) is 3.93. The summed E-state index contributed by atoms with van der Waals surface area (Å²) in [5, 5.41) is 0. The van der Waals surface area contributed by atoms with Gasteiger partial charge >= 0.3 is 7.82 Å². The predicted molar refractivity (Wildman–Crippen MR) is 81.2 cm³/mol. The molecule has 0 heterocycles. The number of hydrogen-bond acceptors (Lipinski definition) is 4. The Kier molecular flexibility index (Phi) is 7.31. The van der Waals surface area contributed by atoms with Gasteiger partial charge in [0.25, 0.3) is 0 Å². The van der Waals surface area contributed by atoms with Crippen LogP contribution >= 0.6 is 7.82 Å². The number of phosphoric ester groups is 1. The van der Waals surface area contributed by atoms with Gasteiger partial charge in [-0.1, -0.05) is 36.4 Å². The molecule has 0 aliphatic carbocycles. The average Bonchev–Trinajstić information content (AvgIpc) is 2.45. The van der Waals surface area contributed by atoms with Gasteiger partial charge in [0, 0.05) is 0 Å². The molecule has 0 fully saturated rings. The average molecular weight is 296 g/mol. The molecule has 1 aromatic carbocycles. The Morgan fingerprint density at radius 3 is 2.30 bits per heavy atom. The number of phosphoric acid groups is 1. The molecule has 0 N–H and O–H groups in total. The van der Waals surface area contributed by atoms with Crippen molar-refractivity contribution in [1.82, 2.24) is 0 Å². The van der Waals surface area contributed by atoms with Crippen LogP contribution in [0.4, 0.5) is 0 Å². The highest BCUT2D eigenvalue weighted by molar-refractivity contribution is 7.48. The Morgan fingerprint density at radius 1 is 1.15 bits per heavy atom. The van der Waals surface area contributed by atoms with Gasteiger partial charge in [0.05, 0.1) is 19.5 Å². The quantitative estimate of drug-likeness (QED) is 0.392. The maximum absolute atomic E-state index is 12.0. The molecule has 20 heavy (non-hydrogen) atoms. The molecule has 0 saturated carbocycles. The lowest BCUT2D eigenvalue weighted by atomic mass is 10.1. The minimum absolute atomic E-state index is 0.268. The van der Waals surface area contributed by atoms with E-state index in [-0.39, 0.29) is 13.2 Å². The smallest absolute Gasteiger partial charge is 0.412 e. The summed E-state index contributed by atoms with van der Waals surface area (Å²) >= 11 is 0. The molecule has 1 rings (SSSR count). The molecular weight excluding hydrogens is 275 g/mol. The van der Waals surface area contributed by atoms with Gasteiger partial charge in [-0.25, -0.2) is 4.57 Å². The molecule has 0 aliphatic heterocycles. The summed E-state index contributed by atoms with van der Waals surface area (Å²) in [6.07, 6.45) is 4.88. The lowest BCUT2D eigenvalue weighted by Gasteiger charge is -2.14. The van der Waals surface area contributed by atoms with Crippen molar-refractivity contribution in [2.24, 2.45) is 0 Å². The Morgan fingerprint density at radius 2 is 1.75 bits per heavy atom. The van der Waals surface area contributed by atoms with Crippen molar-refractivity contribution in [3.8, 4) is 0 Å². The van der Waals surface area contributed by atoms with E-state index in [2.05, 4.69) is 0 Å². The fourth-order valence-electron chi connectivity index (χ4n) is 1.50. The van der Waals surface area contributed by atoms with E-state index in [1.165, 1.54) is 6.26 Å². The van der Waals surface area contributed by atoms with Crippen molar-refractivity contribution in [3.63, 3.8) is 0 Å². The third-order valence-corrected chi connectivity index (χ3v) is 3.95. The first kappa shape index (κ1) is 16.7. The van der Waals surface area contributed by atoms with E-state index in [1.54, 1.807) is 19.9 Å². The number of hydrogen-bond donors (Lipinski definition) is 0. The van der Waals surface area contributed by atoms with Crippen molar-refractivity contribution in [2.45, 2.75) is 20.8 Å². The van der Waals surface area contributed by atoms with Crippen LogP contribution in [0, 0.1) is 0 Å². The van der Waals surface area contributed by atoms with Gasteiger partial charge in [-0.2, -0.15) is 0 Å². The molecule has 4 nitrogen and oxygen atoms in total. The number of benzene rings is 1. The van der Waals surface area contributed by atoms with Crippen molar-refractivity contribution in [1.29, 1.82) is 0 Å². The molecule has 0 bridgehead atoms. The molecule has 0 spiro atoms. The van der Waals surface area contributed by atoms with Crippen LogP contribution in [0.2, 0.25) is 0 Å². The zero-order chi connectivity index (χ0) is 14.8. The molecule has 1 aromatic rings. The summed E-state index contributed by atoms with van der Waals surface area (Å²) in [5.41, 5.74) is 2.20. The molecule has 0 unspecified atom stereocenters. The van der Waals surface area contributed by atoms with Crippen LogP contribution in [0.1, 0.15) is 26.3 Å². The first-order valence-electron chi connectivity index (χ1n) is 6.57. The van der Waals surface area contributed by atoms with E-state index in [0.717, 1.165) is 11.1 Å². The van der Waals surface area contributed by atoms with Gasteiger partial charge in [-0.3, -0.25) is 9.05 Å². The first-order valence-corrected chi connectivity index (χ1v) is 8.03. The topological polar surface area (TPSA) is 44.8 Å². The highest BCUT2D eigenvalue weighted by Crippen LogP contribution is 2.49. The molecule has 0 atom stereocenters. The fraction of sp³-hybridized carbons (Fsp3) is 0.333. The van der Waals surface area contributed by atoms with E-state index in [4.69, 9.17) is 13.6 Å². The number of allylic oxidation sites excluding steroid dienone is 3. The fourth-order valence-corrected chi connectivity index (χ4v) is 2.55. The van der Waals surface area contributed by atoms with E-state index in [9.17, 15) is 4.57 Å². The summed E-state index contributed by atoms with van der Waals surface area (Å²) in [5.74, 6) is 0. The molecule has 0 aliphatic rings. The van der Waals surface area contributed by atoms with Crippen LogP contribution in [0.25, 0.3) is 5.57 Å². The second-order valence-corrected chi connectivity index (χ2v) is 5.55. The number of rotatable bonds is 8. The third-order valence-electron chi connectivity index (χ3n) is 2.42.